The van der Waals surface area contributed by atoms with Crippen molar-refractivity contribution in [2.24, 2.45) is 0 Å². The number of fused-ring (bicyclic) bond motifs is 1. The topological polar surface area (TPSA) is 69.9 Å². The van der Waals surface area contributed by atoms with Crippen molar-refractivity contribution in [3.05, 3.63) is 41.9 Å². The van der Waals surface area contributed by atoms with Crippen LogP contribution in [0.4, 0.5) is 0 Å². The second kappa shape index (κ2) is 7.09. The van der Waals surface area contributed by atoms with Gasteiger partial charge in [-0.1, -0.05) is 19.3 Å². The minimum absolute atomic E-state index is 0.152. The Balaban J connectivity index is 1.32. The quantitative estimate of drug-likeness (QED) is 0.897. The Morgan fingerprint density at radius 2 is 1.92 bits per heavy atom. The fraction of sp³-hybridized carbons (Fsp3) is 0.421. The highest BCUT2D eigenvalue weighted by Crippen LogP contribution is 2.35. The van der Waals surface area contributed by atoms with Gasteiger partial charge in [0.2, 0.25) is 6.79 Å². The molecule has 25 heavy (non-hydrogen) atoms. The molecule has 0 spiro atoms. The smallest absolute Gasteiger partial charge is 0.287 e. The van der Waals surface area contributed by atoms with Gasteiger partial charge in [0.15, 0.2) is 17.3 Å². The van der Waals surface area contributed by atoms with Crippen LogP contribution in [-0.4, -0.2) is 18.7 Å². The lowest BCUT2D eigenvalue weighted by Gasteiger charge is -2.22. The van der Waals surface area contributed by atoms with Gasteiger partial charge >= 0.3 is 0 Å². The minimum atomic E-state index is -0.152. The van der Waals surface area contributed by atoms with Crippen molar-refractivity contribution in [3.8, 4) is 17.2 Å². The third-order valence-corrected chi connectivity index (χ3v) is 4.55. The Morgan fingerprint density at radius 1 is 1.08 bits per heavy atom. The molecule has 1 N–H and O–H groups in total. The lowest BCUT2D eigenvalue weighted by Crippen LogP contribution is -2.35. The summed E-state index contributed by atoms with van der Waals surface area (Å²) in [5.74, 6) is 2.83. The molecule has 2 aromatic rings. The van der Waals surface area contributed by atoms with Crippen molar-refractivity contribution < 1.29 is 23.4 Å². The molecule has 0 bridgehead atoms. The molecule has 0 unspecified atom stereocenters. The number of carbonyl (C=O) groups is 1. The molecule has 1 amide bonds. The zero-order valence-corrected chi connectivity index (χ0v) is 14.0. The van der Waals surface area contributed by atoms with Crippen molar-refractivity contribution in [3.63, 3.8) is 0 Å². The predicted molar refractivity (Wildman–Crippen MR) is 89.9 cm³/mol. The van der Waals surface area contributed by atoms with Gasteiger partial charge in [0.05, 0.1) is 0 Å². The fourth-order valence-corrected chi connectivity index (χ4v) is 3.20. The maximum atomic E-state index is 12.3. The zero-order chi connectivity index (χ0) is 17.1. The van der Waals surface area contributed by atoms with Gasteiger partial charge in [0, 0.05) is 12.1 Å². The van der Waals surface area contributed by atoms with Crippen molar-refractivity contribution >= 4 is 5.91 Å². The molecular weight excluding hydrogens is 322 g/mol. The monoisotopic (exact) mass is 343 g/mol. The van der Waals surface area contributed by atoms with Crippen molar-refractivity contribution in [1.82, 2.24) is 5.32 Å². The van der Waals surface area contributed by atoms with Gasteiger partial charge in [-0.3, -0.25) is 4.79 Å². The van der Waals surface area contributed by atoms with E-state index in [0.29, 0.717) is 28.8 Å². The van der Waals surface area contributed by atoms with E-state index in [0.717, 1.165) is 12.8 Å². The number of nitrogens with one attached hydrogen (secondary N) is 1. The number of furan rings is 1. The summed E-state index contributed by atoms with van der Waals surface area (Å²) in [6, 6.07) is 9.12. The van der Waals surface area contributed by atoms with E-state index in [1.807, 2.05) is 12.1 Å². The van der Waals surface area contributed by atoms with Crippen LogP contribution >= 0.6 is 0 Å². The molecule has 1 aromatic carbocycles. The summed E-state index contributed by atoms with van der Waals surface area (Å²) >= 11 is 0. The Morgan fingerprint density at radius 3 is 2.80 bits per heavy atom. The summed E-state index contributed by atoms with van der Waals surface area (Å²) in [5.41, 5.74) is 0. The molecular formula is C19H21NO5. The molecule has 6 nitrogen and oxygen atoms in total. The van der Waals surface area contributed by atoms with Crippen LogP contribution in [0.15, 0.2) is 34.7 Å². The normalized spacial score (nSPS) is 16.6. The third kappa shape index (κ3) is 3.73. The second-order valence-electron chi connectivity index (χ2n) is 6.38. The predicted octanol–water partition coefficient (Wildman–Crippen LogP) is 3.65. The van der Waals surface area contributed by atoms with Gasteiger partial charge < -0.3 is 23.9 Å². The fourth-order valence-electron chi connectivity index (χ4n) is 3.20. The van der Waals surface area contributed by atoms with Crippen molar-refractivity contribution in [2.45, 2.75) is 44.8 Å². The van der Waals surface area contributed by atoms with Crippen LogP contribution < -0.4 is 19.5 Å². The number of hydrogen-bond donors (Lipinski definition) is 1. The first-order valence-corrected chi connectivity index (χ1v) is 8.70. The zero-order valence-electron chi connectivity index (χ0n) is 14.0. The van der Waals surface area contributed by atoms with Crippen LogP contribution in [0.1, 0.15) is 48.4 Å². The summed E-state index contributed by atoms with van der Waals surface area (Å²) in [6.07, 6.45) is 5.71. The highest BCUT2D eigenvalue weighted by Gasteiger charge is 2.19. The summed E-state index contributed by atoms with van der Waals surface area (Å²) in [7, 11) is 0. The molecule has 6 heteroatoms. The Bertz CT molecular complexity index is 748. The van der Waals surface area contributed by atoms with Gasteiger partial charge in [-0.2, -0.15) is 0 Å². The van der Waals surface area contributed by atoms with E-state index < -0.39 is 0 Å². The second-order valence-corrected chi connectivity index (χ2v) is 6.38. The molecule has 1 saturated carbocycles. The molecule has 0 radical (unpaired) electrons. The van der Waals surface area contributed by atoms with Gasteiger partial charge in [0.1, 0.15) is 18.1 Å². The number of amides is 1. The van der Waals surface area contributed by atoms with Crippen LogP contribution in [0, 0.1) is 0 Å². The van der Waals surface area contributed by atoms with Gasteiger partial charge in [0.25, 0.3) is 5.91 Å². The first-order valence-electron chi connectivity index (χ1n) is 8.70. The Hall–Kier alpha value is -2.63. The maximum absolute atomic E-state index is 12.3. The van der Waals surface area contributed by atoms with Crippen molar-refractivity contribution in [2.75, 3.05) is 6.79 Å². The van der Waals surface area contributed by atoms with E-state index in [4.69, 9.17) is 18.6 Å². The summed E-state index contributed by atoms with van der Waals surface area (Å²) in [4.78, 5) is 12.3. The molecule has 2 heterocycles. The van der Waals surface area contributed by atoms with Crippen LogP contribution in [0.3, 0.4) is 0 Å². The maximum Gasteiger partial charge on any atom is 0.287 e. The standard InChI is InChI=1S/C19H21NO5/c21-19(20-13-4-2-1-3-5-13)17-9-7-15(25-17)11-22-14-6-8-16-18(10-14)24-12-23-16/h6-10,13H,1-5,11-12H2,(H,20,21). The van der Waals surface area contributed by atoms with Crippen molar-refractivity contribution in [1.29, 1.82) is 0 Å². The minimum Gasteiger partial charge on any atom is -0.486 e. The van der Waals surface area contributed by atoms with E-state index in [2.05, 4.69) is 5.32 Å². The van der Waals surface area contributed by atoms with Crippen LogP contribution in [0.25, 0.3) is 0 Å². The van der Waals surface area contributed by atoms with Gasteiger partial charge in [-0.15, -0.1) is 0 Å². The first-order chi connectivity index (χ1) is 12.3. The summed E-state index contributed by atoms with van der Waals surface area (Å²) < 4.78 is 21.9. The van der Waals surface area contributed by atoms with E-state index >= 15 is 0 Å². The molecule has 0 atom stereocenters. The first kappa shape index (κ1) is 15.9. The van der Waals surface area contributed by atoms with Crippen LogP contribution in [0.5, 0.6) is 17.2 Å². The number of rotatable bonds is 5. The lowest BCUT2D eigenvalue weighted by molar-refractivity contribution is 0.0895. The number of ether oxygens (including phenoxy) is 3. The number of hydrogen-bond acceptors (Lipinski definition) is 5. The average Bonchev–Trinajstić information content (AvgIpc) is 3.29. The number of carbonyl (C=O) groups excluding carboxylic acids is 1. The average molecular weight is 343 g/mol. The van der Waals surface area contributed by atoms with E-state index in [9.17, 15) is 4.79 Å². The van der Waals surface area contributed by atoms with E-state index in [1.54, 1.807) is 18.2 Å². The molecule has 0 saturated heterocycles. The van der Waals surface area contributed by atoms with E-state index in [1.165, 1.54) is 19.3 Å². The van der Waals surface area contributed by atoms with Crippen LogP contribution in [0.2, 0.25) is 0 Å². The lowest BCUT2D eigenvalue weighted by atomic mass is 9.95. The molecule has 1 aliphatic carbocycles. The van der Waals surface area contributed by atoms with Gasteiger partial charge in [-0.25, -0.2) is 0 Å². The van der Waals surface area contributed by atoms with E-state index in [-0.39, 0.29) is 25.3 Å². The molecule has 4 rings (SSSR count). The molecule has 2 aliphatic rings. The molecule has 1 fully saturated rings. The SMILES string of the molecule is O=C(NC1CCCCC1)c1ccc(COc2ccc3c(c2)OCO3)o1. The highest BCUT2D eigenvalue weighted by atomic mass is 16.7. The Labute approximate surface area is 146 Å². The third-order valence-electron chi connectivity index (χ3n) is 4.55. The molecule has 1 aromatic heterocycles. The number of benzene rings is 1. The summed E-state index contributed by atoms with van der Waals surface area (Å²) in [6.45, 7) is 0.479. The Kier molecular flexibility index (Phi) is 4.50. The van der Waals surface area contributed by atoms with Gasteiger partial charge in [-0.05, 0) is 37.1 Å². The molecule has 132 valence electrons. The van der Waals surface area contributed by atoms with Crippen LogP contribution in [-0.2, 0) is 6.61 Å². The largest absolute Gasteiger partial charge is 0.486 e. The summed E-state index contributed by atoms with van der Waals surface area (Å²) in [5, 5.41) is 3.05. The highest BCUT2D eigenvalue weighted by molar-refractivity contribution is 5.91. The molecule has 1 aliphatic heterocycles.